The molecule has 1 heterocycles. The van der Waals surface area contributed by atoms with E-state index in [0.717, 1.165) is 17.1 Å². The van der Waals surface area contributed by atoms with Crippen LogP contribution >= 0.6 is 0 Å². The molecule has 1 aromatic carbocycles. The molecule has 0 saturated carbocycles. The average molecular weight is 221 g/mol. The Balaban J connectivity index is 2.21. The van der Waals surface area contributed by atoms with Crippen molar-refractivity contribution in [3.8, 4) is 11.5 Å². The van der Waals surface area contributed by atoms with Crippen molar-refractivity contribution in [1.29, 1.82) is 0 Å². The molecule has 0 bridgehead atoms. The van der Waals surface area contributed by atoms with Crippen LogP contribution in [0.2, 0.25) is 0 Å². The van der Waals surface area contributed by atoms with Crippen LogP contribution in [0.1, 0.15) is 24.9 Å². The predicted octanol–water partition coefficient (Wildman–Crippen LogP) is 1.65. The third-order valence-corrected chi connectivity index (χ3v) is 2.64. The molecule has 0 spiro atoms. The summed E-state index contributed by atoms with van der Waals surface area (Å²) in [6, 6.07) is 5.79. The number of rotatable bonds is 4. The van der Waals surface area contributed by atoms with Gasteiger partial charge in [0.25, 0.3) is 0 Å². The Morgan fingerprint density at radius 3 is 2.88 bits per heavy atom. The lowest BCUT2D eigenvalue weighted by atomic mass is 10.0. The smallest absolute Gasteiger partial charge is 0.231 e. The van der Waals surface area contributed by atoms with Crippen LogP contribution in [0, 0.1) is 0 Å². The Morgan fingerprint density at radius 2 is 2.19 bits per heavy atom. The van der Waals surface area contributed by atoms with Crippen molar-refractivity contribution < 1.29 is 14.3 Å². The van der Waals surface area contributed by atoms with Crippen LogP contribution in [0.15, 0.2) is 18.2 Å². The molecule has 4 nitrogen and oxygen atoms in total. The zero-order valence-corrected chi connectivity index (χ0v) is 9.45. The predicted molar refractivity (Wildman–Crippen MR) is 59.7 cm³/mol. The second-order valence-corrected chi connectivity index (χ2v) is 3.86. The molecule has 1 unspecified atom stereocenters. The van der Waals surface area contributed by atoms with Crippen LogP contribution in [0.5, 0.6) is 11.5 Å². The first-order chi connectivity index (χ1) is 7.70. The number of benzene rings is 1. The van der Waals surface area contributed by atoms with Crippen LogP contribution in [-0.2, 0) is 4.79 Å². The molecule has 0 fully saturated rings. The first-order valence-electron chi connectivity index (χ1n) is 5.27. The molecule has 0 aliphatic carbocycles. The second-order valence-electron chi connectivity index (χ2n) is 3.86. The van der Waals surface area contributed by atoms with Crippen LogP contribution in [0.4, 0.5) is 0 Å². The second kappa shape index (κ2) is 4.53. The lowest BCUT2D eigenvalue weighted by Gasteiger charge is -2.15. The Hall–Kier alpha value is -1.55. The van der Waals surface area contributed by atoms with E-state index in [9.17, 15) is 4.79 Å². The summed E-state index contributed by atoms with van der Waals surface area (Å²) >= 11 is 0. The molecule has 0 amide bonds. The average Bonchev–Trinajstić information content (AvgIpc) is 2.72. The number of carbonyl (C=O) groups is 1. The van der Waals surface area contributed by atoms with Crippen molar-refractivity contribution >= 4 is 5.78 Å². The summed E-state index contributed by atoms with van der Waals surface area (Å²) in [5.41, 5.74) is 1.04. The lowest BCUT2D eigenvalue weighted by molar-refractivity contribution is -0.117. The Bertz CT molecular complexity index is 403. The number of carbonyl (C=O) groups excluding carboxylic acids is 1. The SMILES string of the molecule is CNC(CC(C)=O)c1ccc2c(c1)OCO2. The normalized spacial score (nSPS) is 14.9. The van der Waals surface area contributed by atoms with E-state index in [1.54, 1.807) is 6.92 Å². The summed E-state index contributed by atoms with van der Waals surface area (Å²) in [5, 5.41) is 3.12. The number of fused-ring (bicyclic) bond motifs is 1. The molecule has 1 aliphatic heterocycles. The molecular weight excluding hydrogens is 206 g/mol. The van der Waals surface area contributed by atoms with Gasteiger partial charge >= 0.3 is 0 Å². The molecule has 1 aromatic rings. The largest absolute Gasteiger partial charge is 0.454 e. The standard InChI is InChI=1S/C12H15NO3/c1-8(14)5-10(13-2)9-3-4-11-12(6-9)16-7-15-11/h3-4,6,10,13H,5,7H2,1-2H3. The van der Waals surface area contributed by atoms with Crippen molar-refractivity contribution in [1.82, 2.24) is 5.32 Å². The third-order valence-electron chi connectivity index (χ3n) is 2.64. The van der Waals surface area contributed by atoms with Gasteiger partial charge in [-0.3, -0.25) is 4.79 Å². The molecule has 4 heteroatoms. The van der Waals surface area contributed by atoms with Gasteiger partial charge in [0, 0.05) is 12.5 Å². The molecule has 16 heavy (non-hydrogen) atoms. The first kappa shape index (κ1) is 11.0. The number of nitrogens with one attached hydrogen (secondary N) is 1. The lowest BCUT2D eigenvalue weighted by Crippen LogP contribution is -2.18. The third kappa shape index (κ3) is 2.17. The number of Topliss-reactive ketones (excluding diaryl/α,β-unsaturated/α-hetero) is 1. The van der Waals surface area contributed by atoms with Gasteiger partial charge < -0.3 is 14.8 Å². The molecular formula is C12H15NO3. The van der Waals surface area contributed by atoms with Gasteiger partial charge in [0.15, 0.2) is 11.5 Å². The maximum Gasteiger partial charge on any atom is 0.231 e. The van der Waals surface area contributed by atoms with Crippen molar-refractivity contribution in [2.24, 2.45) is 0 Å². The summed E-state index contributed by atoms with van der Waals surface area (Å²) in [4.78, 5) is 11.1. The van der Waals surface area contributed by atoms with Crippen LogP contribution in [0.25, 0.3) is 0 Å². The highest BCUT2D eigenvalue weighted by atomic mass is 16.7. The van der Waals surface area contributed by atoms with Crippen LogP contribution < -0.4 is 14.8 Å². The summed E-state index contributed by atoms with van der Waals surface area (Å²) in [6.45, 7) is 1.87. The van der Waals surface area contributed by atoms with E-state index < -0.39 is 0 Å². The Labute approximate surface area is 94.6 Å². The van der Waals surface area contributed by atoms with Crippen molar-refractivity contribution in [2.75, 3.05) is 13.8 Å². The highest BCUT2D eigenvalue weighted by Crippen LogP contribution is 2.34. The Morgan fingerprint density at radius 1 is 1.44 bits per heavy atom. The highest BCUT2D eigenvalue weighted by Gasteiger charge is 2.17. The van der Waals surface area contributed by atoms with Crippen molar-refractivity contribution in [3.05, 3.63) is 23.8 Å². The summed E-state index contributed by atoms with van der Waals surface area (Å²) in [6.07, 6.45) is 0.482. The van der Waals surface area contributed by atoms with E-state index in [-0.39, 0.29) is 18.6 Å². The molecule has 1 atom stereocenters. The van der Waals surface area contributed by atoms with Gasteiger partial charge in [-0.1, -0.05) is 6.07 Å². The minimum absolute atomic E-state index is 0.0343. The van der Waals surface area contributed by atoms with Gasteiger partial charge in [-0.2, -0.15) is 0 Å². The maximum absolute atomic E-state index is 11.1. The van der Waals surface area contributed by atoms with E-state index in [2.05, 4.69) is 5.32 Å². The minimum Gasteiger partial charge on any atom is -0.454 e. The zero-order valence-electron chi connectivity index (χ0n) is 9.45. The summed E-state index contributed by atoms with van der Waals surface area (Å²) < 4.78 is 10.5. The summed E-state index contributed by atoms with van der Waals surface area (Å²) in [7, 11) is 1.85. The van der Waals surface area contributed by atoms with Gasteiger partial charge in [0.2, 0.25) is 6.79 Å². The quantitative estimate of drug-likeness (QED) is 0.840. The highest BCUT2D eigenvalue weighted by molar-refractivity contribution is 5.76. The molecule has 86 valence electrons. The van der Waals surface area contributed by atoms with Crippen LogP contribution in [0.3, 0.4) is 0 Å². The van der Waals surface area contributed by atoms with E-state index in [1.165, 1.54) is 0 Å². The number of hydrogen-bond acceptors (Lipinski definition) is 4. The van der Waals surface area contributed by atoms with Gasteiger partial charge in [0.1, 0.15) is 5.78 Å². The number of ether oxygens (including phenoxy) is 2. The monoisotopic (exact) mass is 221 g/mol. The van der Waals surface area contributed by atoms with E-state index in [0.29, 0.717) is 6.42 Å². The maximum atomic E-state index is 11.1. The van der Waals surface area contributed by atoms with Crippen molar-refractivity contribution in [3.63, 3.8) is 0 Å². The number of ketones is 1. The van der Waals surface area contributed by atoms with Gasteiger partial charge in [-0.15, -0.1) is 0 Å². The van der Waals surface area contributed by atoms with Crippen LogP contribution in [-0.4, -0.2) is 19.6 Å². The van der Waals surface area contributed by atoms with Gasteiger partial charge in [-0.25, -0.2) is 0 Å². The summed E-state index contributed by atoms with van der Waals surface area (Å²) in [5.74, 6) is 1.68. The topological polar surface area (TPSA) is 47.6 Å². The molecule has 2 rings (SSSR count). The zero-order chi connectivity index (χ0) is 11.5. The van der Waals surface area contributed by atoms with Gasteiger partial charge in [0.05, 0.1) is 0 Å². The Kier molecular flexibility index (Phi) is 3.10. The molecule has 1 N–H and O–H groups in total. The molecule has 0 radical (unpaired) electrons. The fourth-order valence-corrected chi connectivity index (χ4v) is 1.80. The van der Waals surface area contributed by atoms with E-state index >= 15 is 0 Å². The van der Waals surface area contributed by atoms with Crippen molar-refractivity contribution in [2.45, 2.75) is 19.4 Å². The van der Waals surface area contributed by atoms with Gasteiger partial charge in [-0.05, 0) is 31.7 Å². The minimum atomic E-state index is 0.0343. The first-order valence-corrected chi connectivity index (χ1v) is 5.27. The molecule has 1 aliphatic rings. The molecule has 0 aromatic heterocycles. The fraction of sp³-hybridized carbons (Fsp3) is 0.417. The van der Waals surface area contributed by atoms with E-state index in [1.807, 2.05) is 25.2 Å². The number of hydrogen-bond donors (Lipinski definition) is 1. The molecule has 0 saturated heterocycles. The fourth-order valence-electron chi connectivity index (χ4n) is 1.80. The van der Waals surface area contributed by atoms with E-state index in [4.69, 9.17) is 9.47 Å².